The number of rotatable bonds is 3. The first-order valence-electron chi connectivity index (χ1n) is 5.64. The highest BCUT2D eigenvalue weighted by Crippen LogP contribution is 2.32. The first kappa shape index (κ1) is 14.7. The first-order chi connectivity index (χ1) is 8.78. The van der Waals surface area contributed by atoms with Gasteiger partial charge in [-0.15, -0.1) is 12.6 Å². The molecule has 0 unspecified atom stereocenters. The van der Waals surface area contributed by atoms with E-state index in [1.165, 1.54) is 6.07 Å². The lowest BCUT2D eigenvalue weighted by atomic mass is 10.2. The second-order valence-electron chi connectivity index (χ2n) is 4.44. The van der Waals surface area contributed by atoms with E-state index in [1.54, 1.807) is 12.1 Å². The predicted molar refractivity (Wildman–Crippen MR) is 71.5 cm³/mol. The summed E-state index contributed by atoms with van der Waals surface area (Å²) in [5.74, 6) is -0.614. The van der Waals surface area contributed by atoms with Gasteiger partial charge in [-0.25, -0.2) is 0 Å². The molecule has 0 saturated heterocycles. The van der Waals surface area contributed by atoms with Crippen LogP contribution >= 0.6 is 28.6 Å². The topological polar surface area (TPSA) is 20.3 Å². The van der Waals surface area contributed by atoms with Gasteiger partial charge in [0.25, 0.3) is 5.91 Å². The number of hydrogen-bond acceptors (Lipinski definition) is 2. The van der Waals surface area contributed by atoms with Crippen molar-refractivity contribution in [1.29, 1.82) is 0 Å². The van der Waals surface area contributed by atoms with Crippen LogP contribution in [0.5, 0.6) is 0 Å². The summed E-state index contributed by atoms with van der Waals surface area (Å²) < 4.78 is 38.3. The molecule has 1 fully saturated rings. The van der Waals surface area contributed by atoms with E-state index in [2.05, 4.69) is 28.6 Å². The molecule has 0 aliphatic heterocycles. The van der Waals surface area contributed by atoms with Crippen molar-refractivity contribution in [3.05, 3.63) is 28.2 Å². The Morgan fingerprint density at radius 1 is 1.42 bits per heavy atom. The van der Waals surface area contributed by atoms with Gasteiger partial charge in [-0.1, -0.05) is 15.9 Å². The normalized spacial score (nSPS) is 15.4. The van der Waals surface area contributed by atoms with Crippen molar-refractivity contribution in [1.82, 2.24) is 4.90 Å². The molecule has 0 aromatic heterocycles. The summed E-state index contributed by atoms with van der Waals surface area (Å²) in [6, 6.07) is 4.40. The van der Waals surface area contributed by atoms with Crippen molar-refractivity contribution in [2.24, 2.45) is 0 Å². The zero-order valence-electron chi connectivity index (χ0n) is 9.75. The molecule has 1 aliphatic carbocycles. The fraction of sp³-hybridized carbons (Fsp3) is 0.417. The van der Waals surface area contributed by atoms with Crippen LogP contribution in [0.3, 0.4) is 0 Å². The molecule has 0 spiro atoms. The minimum absolute atomic E-state index is 0.197. The summed E-state index contributed by atoms with van der Waals surface area (Å²) in [7, 11) is 0. The fourth-order valence-corrected chi connectivity index (χ4v) is 2.63. The van der Waals surface area contributed by atoms with Gasteiger partial charge in [-0.05, 0) is 31.0 Å². The highest BCUT2D eigenvalue weighted by atomic mass is 79.9. The number of amides is 1. The summed E-state index contributed by atoms with van der Waals surface area (Å²) in [6.07, 6.45) is -3.13. The monoisotopic (exact) mass is 353 g/mol. The van der Waals surface area contributed by atoms with Gasteiger partial charge >= 0.3 is 6.18 Å². The molecule has 0 bridgehead atoms. The highest BCUT2D eigenvalue weighted by molar-refractivity contribution is 9.10. The van der Waals surface area contributed by atoms with E-state index in [1.807, 2.05) is 0 Å². The van der Waals surface area contributed by atoms with Crippen LogP contribution in [0.15, 0.2) is 27.6 Å². The van der Waals surface area contributed by atoms with Gasteiger partial charge in [-0.2, -0.15) is 13.2 Å². The molecule has 0 radical (unpaired) electrons. The Balaban J connectivity index is 2.24. The average molecular weight is 354 g/mol. The van der Waals surface area contributed by atoms with Gasteiger partial charge in [0.05, 0.1) is 5.56 Å². The molecule has 0 heterocycles. The SMILES string of the molecule is O=C(c1ccc(Br)cc1S)N(CC(F)(F)F)C1CC1. The van der Waals surface area contributed by atoms with Gasteiger partial charge in [0, 0.05) is 15.4 Å². The molecule has 2 rings (SSSR count). The maximum absolute atomic E-state index is 12.5. The van der Waals surface area contributed by atoms with Crippen LogP contribution in [-0.4, -0.2) is 29.6 Å². The quantitative estimate of drug-likeness (QED) is 0.817. The van der Waals surface area contributed by atoms with Gasteiger partial charge in [0.15, 0.2) is 0 Å². The highest BCUT2D eigenvalue weighted by Gasteiger charge is 2.41. The van der Waals surface area contributed by atoms with E-state index in [9.17, 15) is 18.0 Å². The molecule has 1 aliphatic rings. The van der Waals surface area contributed by atoms with Crippen molar-refractivity contribution in [2.75, 3.05) is 6.54 Å². The molecular weight excluding hydrogens is 343 g/mol. The molecular formula is C12H11BrF3NOS. The summed E-state index contributed by atoms with van der Waals surface area (Å²) in [5.41, 5.74) is 0.197. The summed E-state index contributed by atoms with van der Waals surface area (Å²) in [6.45, 7) is -1.21. The number of thiol groups is 1. The van der Waals surface area contributed by atoms with Crippen molar-refractivity contribution in [3.8, 4) is 0 Å². The molecule has 19 heavy (non-hydrogen) atoms. The minimum atomic E-state index is -4.38. The smallest absolute Gasteiger partial charge is 0.327 e. The third-order valence-corrected chi connectivity index (χ3v) is 3.65. The van der Waals surface area contributed by atoms with Crippen molar-refractivity contribution >= 4 is 34.5 Å². The summed E-state index contributed by atoms with van der Waals surface area (Å²) in [4.78, 5) is 13.5. The molecule has 2 nitrogen and oxygen atoms in total. The Hall–Kier alpha value is -0.690. The number of halogens is 4. The number of benzene rings is 1. The van der Waals surface area contributed by atoms with Crippen molar-refractivity contribution in [3.63, 3.8) is 0 Å². The lowest BCUT2D eigenvalue weighted by Gasteiger charge is -2.24. The molecule has 1 saturated carbocycles. The molecule has 0 N–H and O–H groups in total. The molecule has 1 aromatic rings. The van der Waals surface area contributed by atoms with Gasteiger partial charge in [0.2, 0.25) is 0 Å². The van der Waals surface area contributed by atoms with E-state index >= 15 is 0 Å². The lowest BCUT2D eigenvalue weighted by Crippen LogP contribution is -2.40. The zero-order valence-corrected chi connectivity index (χ0v) is 12.2. The van der Waals surface area contributed by atoms with Gasteiger partial charge in [0.1, 0.15) is 6.54 Å². The fourth-order valence-electron chi connectivity index (χ4n) is 1.79. The van der Waals surface area contributed by atoms with Crippen LogP contribution in [-0.2, 0) is 0 Å². The van der Waals surface area contributed by atoms with Crippen molar-refractivity contribution in [2.45, 2.75) is 30.0 Å². The zero-order chi connectivity index (χ0) is 14.2. The average Bonchev–Trinajstić information content (AvgIpc) is 3.07. The van der Waals surface area contributed by atoms with E-state index in [-0.39, 0.29) is 11.6 Å². The van der Waals surface area contributed by atoms with Gasteiger partial charge < -0.3 is 4.90 Å². The Morgan fingerprint density at radius 2 is 2.05 bits per heavy atom. The molecule has 1 amide bonds. The standard InChI is InChI=1S/C12H11BrF3NOS/c13-7-1-4-9(10(19)5-7)11(18)17(8-2-3-8)6-12(14,15)16/h1,4-5,8,19H,2-3,6H2. The number of hydrogen-bond donors (Lipinski definition) is 1. The van der Waals surface area contributed by atoms with E-state index in [0.717, 1.165) is 9.37 Å². The number of alkyl halides is 3. The maximum Gasteiger partial charge on any atom is 0.406 e. The number of nitrogens with zero attached hydrogens (tertiary/aromatic N) is 1. The summed E-state index contributed by atoms with van der Waals surface area (Å²) in [5, 5.41) is 0. The Bertz CT molecular complexity index is 502. The second kappa shape index (κ2) is 5.36. The van der Waals surface area contributed by atoms with E-state index in [4.69, 9.17) is 0 Å². The molecule has 0 atom stereocenters. The van der Waals surface area contributed by atoms with Crippen LogP contribution in [0.25, 0.3) is 0 Å². The minimum Gasteiger partial charge on any atom is -0.327 e. The van der Waals surface area contributed by atoms with Gasteiger partial charge in [-0.3, -0.25) is 4.79 Å². The lowest BCUT2D eigenvalue weighted by molar-refractivity contribution is -0.141. The predicted octanol–water partition coefficient (Wildman–Crippen LogP) is 3.90. The molecule has 1 aromatic carbocycles. The molecule has 7 heteroatoms. The maximum atomic E-state index is 12.5. The van der Waals surface area contributed by atoms with Crippen LogP contribution in [0, 0.1) is 0 Å². The largest absolute Gasteiger partial charge is 0.406 e. The molecule has 104 valence electrons. The first-order valence-corrected chi connectivity index (χ1v) is 6.88. The second-order valence-corrected chi connectivity index (χ2v) is 5.84. The van der Waals surface area contributed by atoms with Crippen LogP contribution < -0.4 is 0 Å². The van der Waals surface area contributed by atoms with E-state index in [0.29, 0.717) is 17.7 Å². The van der Waals surface area contributed by atoms with Crippen LogP contribution in [0.2, 0.25) is 0 Å². The van der Waals surface area contributed by atoms with E-state index < -0.39 is 18.6 Å². The van der Waals surface area contributed by atoms with Crippen molar-refractivity contribution < 1.29 is 18.0 Å². The third-order valence-electron chi connectivity index (χ3n) is 2.79. The third kappa shape index (κ3) is 3.89. The number of carbonyl (C=O) groups is 1. The Morgan fingerprint density at radius 3 is 2.53 bits per heavy atom. The summed E-state index contributed by atoms with van der Waals surface area (Å²) >= 11 is 7.36. The van der Waals surface area contributed by atoms with Crippen LogP contribution in [0.1, 0.15) is 23.2 Å². The Labute approximate surface area is 122 Å². The van der Waals surface area contributed by atoms with Crippen LogP contribution in [0.4, 0.5) is 13.2 Å². The Kier molecular flexibility index (Phi) is 4.15. The number of carbonyl (C=O) groups excluding carboxylic acids is 1.